The van der Waals surface area contributed by atoms with Crippen molar-refractivity contribution in [1.82, 2.24) is 5.32 Å². The van der Waals surface area contributed by atoms with E-state index in [1.165, 1.54) is 12.1 Å². The van der Waals surface area contributed by atoms with E-state index in [9.17, 15) is 19.7 Å². The van der Waals surface area contributed by atoms with Crippen LogP contribution in [0.15, 0.2) is 41.3 Å². The molecule has 27 heavy (non-hydrogen) atoms. The SMILES string of the molecule is NC(=O)c1ccc(SCC(=O)NCCc2ccc(Cl)cc2Cl)c([N+](=O)[O-])c1. The van der Waals surface area contributed by atoms with Gasteiger partial charge in [-0.1, -0.05) is 29.3 Å². The fraction of sp³-hybridized carbons (Fsp3) is 0.176. The highest BCUT2D eigenvalue weighted by atomic mass is 35.5. The van der Waals surface area contributed by atoms with Crippen molar-refractivity contribution >= 4 is 52.5 Å². The van der Waals surface area contributed by atoms with E-state index < -0.39 is 10.8 Å². The van der Waals surface area contributed by atoms with Crippen LogP contribution in [0.25, 0.3) is 0 Å². The lowest BCUT2D eigenvalue weighted by molar-refractivity contribution is -0.387. The number of primary amides is 1. The van der Waals surface area contributed by atoms with Crippen molar-refractivity contribution in [2.75, 3.05) is 12.3 Å². The predicted molar refractivity (Wildman–Crippen MR) is 106 cm³/mol. The number of carbonyl (C=O) groups is 2. The Morgan fingerprint density at radius 1 is 1.19 bits per heavy atom. The summed E-state index contributed by atoms with van der Waals surface area (Å²) in [6, 6.07) is 9.03. The number of hydrogen-bond acceptors (Lipinski definition) is 5. The molecule has 0 aliphatic carbocycles. The van der Waals surface area contributed by atoms with Crippen LogP contribution in [0.1, 0.15) is 15.9 Å². The molecule has 0 fully saturated rings. The molecule has 2 aromatic carbocycles. The monoisotopic (exact) mass is 427 g/mol. The summed E-state index contributed by atoms with van der Waals surface area (Å²) >= 11 is 12.9. The van der Waals surface area contributed by atoms with Crippen molar-refractivity contribution < 1.29 is 14.5 Å². The second kappa shape index (κ2) is 9.59. The molecular weight excluding hydrogens is 413 g/mol. The highest BCUT2D eigenvalue weighted by molar-refractivity contribution is 8.00. The summed E-state index contributed by atoms with van der Waals surface area (Å²) in [4.78, 5) is 33.9. The Hall–Kier alpha value is -2.29. The fourth-order valence-corrected chi connectivity index (χ4v) is 3.53. The lowest BCUT2D eigenvalue weighted by atomic mass is 10.1. The van der Waals surface area contributed by atoms with E-state index in [0.29, 0.717) is 23.0 Å². The van der Waals surface area contributed by atoms with Crippen LogP contribution in [0.5, 0.6) is 0 Å². The average Bonchev–Trinajstić information content (AvgIpc) is 2.61. The standard InChI is InChI=1S/C17H15Cl2N3O4S/c18-12-3-1-10(13(19)8-12)5-6-21-16(23)9-27-15-4-2-11(17(20)24)7-14(15)22(25)26/h1-4,7-8H,5-6,9H2,(H2,20,24)(H,21,23). The van der Waals surface area contributed by atoms with Gasteiger partial charge in [-0.3, -0.25) is 19.7 Å². The molecule has 0 aromatic heterocycles. The molecule has 2 amide bonds. The Morgan fingerprint density at radius 2 is 1.93 bits per heavy atom. The summed E-state index contributed by atoms with van der Waals surface area (Å²) in [6.07, 6.45) is 0.528. The van der Waals surface area contributed by atoms with Crippen molar-refractivity contribution in [2.45, 2.75) is 11.3 Å². The molecule has 0 radical (unpaired) electrons. The first-order chi connectivity index (χ1) is 12.8. The molecule has 0 unspecified atom stereocenters. The Balaban J connectivity index is 1.90. The van der Waals surface area contributed by atoms with Gasteiger partial charge in [0.05, 0.1) is 15.6 Å². The molecule has 0 atom stereocenters. The summed E-state index contributed by atoms with van der Waals surface area (Å²) in [5.74, 6) is -1.04. The number of hydrogen-bond donors (Lipinski definition) is 2. The molecule has 0 aliphatic rings. The minimum Gasteiger partial charge on any atom is -0.366 e. The third kappa shape index (κ3) is 6.13. The summed E-state index contributed by atoms with van der Waals surface area (Å²) in [5.41, 5.74) is 5.75. The molecule has 2 rings (SSSR count). The number of benzene rings is 2. The van der Waals surface area contributed by atoms with Crippen LogP contribution in [0.4, 0.5) is 5.69 Å². The van der Waals surface area contributed by atoms with Gasteiger partial charge in [0, 0.05) is 28.2 Å². The van der Waals surface area contributed by atoms with Crippen LogP contribution in [0.3, 0.4) is 0 Å². The first kappa shape index (κ1) is 21.0. The fourth-order valence-electron chi connectivity index (χ4n) is 2.19. The number of amides is 2. The van der Waals surface area contributed by atoms with Gasteiger partial charge in [-0.05, 0) is 36.2 Å². The van der Waals surface area contributed by atoms with Gasteiger partial charge in [0.1, 0.15) is 0 Å². The first-order valence-electron chi connectivity index (χ1n) is 7.69. The third-order valence-corrected chi connectivity index (χ3v) is 5.18. The van der Waals surface area contributed by atoms with Crippen LogP contribution in [-0.2, 0) is 11.2 Å². The van der Waals surface area contributed by atoms with Crippen LogP contribution in [-0.4, -0.2) is 29.0 Å². The van der Waals surface area contributed by atoms with Crippen LogP contribution in [0.2, 0.25) is 10.0 Å². The molecule has 0 saturated heterocycles. The van der Waals surface area contributed by atoms with Gasteiger partial charge >= 0.3 is 0 Å². The maximum absolute atomic E-state index is 12.0. The zero-order valence-electron chi connectivity index (χ0n) is 13.9. The number of halogens is 2. The number of nitro benzene ring substituents is 1. The molecule has 3 N–H and O–H groups in total. The number of nitro groups is 1. The Kier molecular flexibility index (Phi) is 7.46. The molecule has 0 aliphatic heterocycles. The molecule has 10 heteroatoms. The molecule has 7 nitrogen and oxygen atoms in total. The smallest absolute Gasteiger partial charge is 0.283 e. The summed E-state index contributed by atoms with van der Waals surface area (Å²) in [7, 11) is 0. The van der Waals surface area contributed by atoms with Crippen molar-refractivity contribution in [2.24, 2.45) is 5.73 Å². The van der Waals surface area contributed by atoms with E-state index in [2.05, 4.69) is 5.32 Å². The molecule has 0 spiro atoms. The van der Waals surface area contributed by atoms with Gasteiger partial charge < -0.3 is 11.1 Å². The molecular formula is C17H15Cl2N3O4S. The van der Waals surface area contributed by atoms with Crippen LogP contribution < -0.4 is 11.1 Å². The van der Waals surface area contributed by atoms with Crippen molar-refractivity contribution in [3.63, 3.8) is 0 Å². The van der Waals surface area contributed by atoms with Crippen molar-refractivity contribution in [3.05, 3.63) is 67.7 Å². The topological polar surface area (TPSA) is 115 Å². The number of nitrogens with one attached hydrogen (secondary N) is 1. The zero-order chi connectivity index (χ0) is 20.0. The maximum Gasteiger partial charge on any atom is 0.283 e. The lowest BCUT2D eigenvalue weighted by Crippen LogP contribution is -2.27. The Bertz CT molecular complexity index is 892. The normalized spacial score (nSPS) is 10.4. The Morgan fingerprint density at radius 3 is 2.56 bits per heavy atom. The highest BCUT2D eigenvalue weighted by Gasteiger charge is 2.18. The van der Waals surface area contributed by atoms with E-state index >= 15 is 0 Å². The van der Waals surface area contributed by atoms with Gasteiger partial charge in [0.2, 0.25) is 11.8 Å². The number of carbonyl (C=O) groups excluding carboxylic acids is 2. The highest BCUT2D eigenvalue weighted by Crippen LogP contribution is 2.30. The quantitative estimate of drug-likeness (QED) is 0.380. The molecule has 2 aromatic rings. The van der Waals surface area contributed by atoms with Gasteiger partial charge in [0.25, 0.3) is 5.69 Å². The van der Waals surface area contributed by atoms with Gasteiger partial charge in [-0.15, -0.1) is 11.8 Å². The number of nitrogens with two attached hydrogens (primary N) is 1. The molecule has 142 valence electrons. The van der Waals surface area contributed by atoms with E-state index in [0.717, 1.165) is 23.4 Å². The summed E-state index contributed by atoms with van der Waals surface area (Å²) in [6.45, 7) is 0.365. The minimum atomic E-state index is -0.756. The van der Waals surface area contributed by atoms with Gasteiger partial charge in [0.15, 0.2) is 0 Å². The van der Waals surface area contributed by atoms with E-state index in [1.54, 1.807) is 18.2 Å². The number of rotatable bonds is 8. The van der Waals surface area contributed by atoms with Crippen LogP contribution in [0, 0.1) is 10.1 Å². The second-order valence-electron chi connectivity index (χ2n) is 5.43. The Labute approximate surface area is 169 Å². The first-order valence-corrected chi connectivity index (χ1v) is 9.43. The van der Waals surface area contributed by atoms with Crippen molar-refractivity contribution in [3.8, 4) is 0 Å². The minimum absolute atomic E-state index is 0.00882. The van der Waals surface area contributed by atoms with E-state index in [4.69, 9.17) is 28.9 Å². The van der Waals surface area contributed by atoms with E-state index in [1.807, 2.05) is 0 Å². The predicted octanol–water partition coefficient (Wildman–Crippen LogP) is 3.45. The van der Waals surface area contributed by atoms with Crippen molar-refractivity contribution in [1.29, 1.82) is 0 Å². The second-order valence-corrected chi connectivity index (χ2v) is 7.29. The molecule has 0 saturated carbocycles. The van der Waals surface area contributed by atoms with E-state index in [-0.39, 0.29) is 27.8 Å². The number of thioether (sulfide) groups is 1. The third-order valence-electron chi connectivity index (χ3n) is 3.53. The van der Waals surface area contributed by atoms with Crippen LogP contribution >= 0.6 is 35.0 Å². The number of nitrogens with zero attached hydrogens (tertiary/aromatic N) is 1. The molecule has 0 heterocycles. The largest absolute Gasteiger partial charge is 0.366 e. The summed E-state index contributed by atoms with van der Waals surface area (Å²) in [5, 5.41) is 14.9. The lowest BCUT2D eigenvalue weighted by Gasteiger charge is -2.08. The van der Waals surface area contributed by atoms with Gasteiger partial charge in [-0.2, -0.15) is 0 Å². The molecule has 0 bridgehead atoms. The van der Waals surface area contributed by atoms with Gasteiger partial charge in [-0.25, -0.2) is 0 Å². The maximum atomic E-state index is 12.0. The average molecular weight is 428 g/mol. The summed E-state index contributed by atoms with van der Waals surface area (Å²) < 4.78 is 0. The zero-order valence-corrected chi connectivity index (χ0v) is 16.2.